The topological polar surface area (TPSA) is 93.8 Å². The van der Waals surface area contributed by atoms with Gasteiger partial charge in [-0.3, -0.25) is 9.69 Å². The Labute approximate surface area is 172 Å². The molecule has 8 heteroatoms. The molecule has 2 aromatic rings. The van der Waals surface area contributed by atoms with Gasteiger partial charge in [0, 0.05) is 30.5 Å². The monoisotopic (exact) mass is 401 g/mol. The van der Waals surface area contributed by atoms with E-state index >= 15 is 0 Å². The molecular formula is C21H31N5O3. The number of hydrogen-bond acceptors (Lipinski definition) is 7. The van der Waals surface area contributed by atoms with Crippen molar-refractivity contribution in [3.8, 4) is 11.5 Å². The highest BCUT2D eigenvalue weighted by Crippen LogP contribution is 2.33. The summed E-state index contributed by atoms with van der Waals surface area (Å²) in [6.07, 6.45) is 1.73. The number of ether oxygens (including phenoxy) is 2. The summed E-state index contributed by atoms with van der Waals surface area (Å²) >= 11 is 0. The standard InChI is InChI=1S/C21H31N5O3/c1-5-26(6-2)21(27)14-7-9-25(10-8-14)13-19-23-16-12-18(29-4)17(28-3)11-15(16)20(22)24-19/h11-12,14H,5-10,13H2,1-4H3,(H2,22,23,24). The number of piperidine rings is 1. The van der Waals surface area contributed by atoms with Gasteiger partial charge in [-0.15, -0.1) is 0 Å². The van der Waals surface area contributed by atoms with Crippen LogP contribution in [0.25, 0.3) is 10.9 Å². The minimum atomic E-state index is 0.116. The van der Waals surface area contributed by atoms with E-state index in [0.717, 1.165) is 49.9 Å². The maximum absolute atomic E-state index is 12.6. The lowest BCUT2D eigenvalue weighted by Gasteiger charge is -2.33. The molecule has 0 spiro atoms. The van der Waals surface area contributed by atoms with Crippen LogP contribution in [0, 0.1) is 5.92 Å². The van der Waals surface area contributed by atoms with E-state index in [2.05, 4.69) is 14.9 Å². The fourth-order valence-corrected chi connectivity index (χ4v) is 3.93. The predicted molar refractivity (Wildman–Crippen MR) is 113 cm³/mol. The number of carbonyl (C=O) groups is 1. The maximum Gasteiger partial charge on any atom is 0.225 e. The van der Waals surface area contributed by atoms with E-state index in [9.17, 15) is 4.79 Å². The van der Waals surface area contributed by atoms with Gasteiger partial charge in [0.15, 0.2) is 11.5 Å². The number of amides is 1. The SMILES string of the molecule is CCN(CC)C(=O)C1CCN(Cc2nc(N)c3cc(OC)c(OC)cc3n2)CC1. The summed E-state index contributed by atoms with van der Waals surface area (Å²) in [7, 11) is 3.18. The van der Waals surface area contributed by atoms with Gasteiger partial charge in [-0.05, 0) is 45.8 Å². The van der Waals surface area contributed by atoms with Crippen LogP contribution in [0.15, 0.2) is 12.1 Å². The van der Waals surface area contributed by atoms with Gasteiger partial charge in [0.2, 0.25) is 5.91 Å². The molecule has 0 atom stereocenters. The summed E-state index contributed by atoms with van der Waals surface area (Å²) in [5.74, 6) is 2.71. The second-order valence-corrected chi connectivity index (χ2v) is 7.31. The minimum Gasteiger partial charge on any atom is -0.493 e. The van der Waals surface area contributed by atoms with Crippen LogP contribution in [0.5, 0.6) is 11.5 Å². The van der Waals surface area contributed by atoms with Crippen LogP contribution in [-0.4, -0.2) is 66.1 Å². The number of nitrogen functional groups attached to an aromatic ring is 1. The first-order valence-electron chi connectivity index (χ1n) is 10.2. The van der Waals surface area contributed by atoms with Crippen molar-refractivity contribution in [2.75, 3.05) is 46.1 Å². The lowest BCUT2D eigenvalue weighted by atomic mass is 9.95. The molecule has 0 bridgehead atoms. The normalized spacial score (nSPS) is 15.4. The zero-order chi connectivity index (χ0) is 21.0. The molecule has 1 aliphatic heterocycles. The van der Waals surface area contributed by atoms with Crippen LogP contribution < -0.4 is 15.2 Å². The number of benzene rings is 1. The van der Waals surface area contributed by atoms with Crippen molar-refractivity contribution >= 4 is 22.6 Å². The molecule has 0 unspecified atom stereocenters. The summed E-state index contributed by atoms with van der Waals surface area (Å²) in [5, 5.41) is 0.745. The number of fused-ring (bicyclic) bond motifs is 1. The Morgan fingerprint density at radius 3 is 2.34 bits per heavy atom. The molecule has 1 aromatic carbocycles. The quantitative estimate of drug-likeness (QED) is 0.761. The van der Waals surface area contributed by atoms with Crippen LogP contribution in [-0.2, 0) is 11.3 Å². The Balaban J connectivity index is 1.70. The number of rotatable bonds is 7. The largest absolute Gasteiger partial charge is 0.493 e. The summed E-state index contributed by atoms with van der Waals surface area (Å²) in [6.45, 7) is 7.92. The first-order valence-corrected chi connectivity index (χ1v) is 10.2. The van der Waals surface area contributed by atoms with Gasteiger partial charge in [0.25, 0.3) is 0 Å². The number of nitrogens with two attached hydrogens (primary N) is 1. The summed E-state index contributed by atoms with van der Waals surface area (Å²) < 4.78 is 10.7. The number of likely N-dealkylation sites (tertiary alicyclic amines) is 1. The fourth-order valence-electron chi connectivity index (χ4n) is 3.93. The molecule has 0 radical (unpaired) electrons. The Bertz CT molecular complexity index is 861. The summed E-state index contributed by atoms with van der Waals surface area (Å²) in [4.78, 5) is 26.0. The van der Waals surface area contributed by atoms with Crippen molar-refractivity contribution in [2.45, 2.75) is 33.2 Å². The number of methoxy groups -OCH3 is 2. The van der Waals surface area contributed by atoms with E-state index in [4.69, 9.17) is 15.2 Å². The zero-order valence-electron chi connectivity index (χ0n) is 17.8. The molecule has 0 aliphatic carbocycles. The van der Waals surface area contributed by atoms with Gasteiger partial charge in [-0.25, -0.2) is 9.97 Å². The highest BCUT2D eigenvalue weighted by molar-refractivity contribution is 5.90. The molecule has 1 amide bonds. The summed E-state index contributed by atoms with van der Waals surface area (Å²) in [5.41, 5.74) is 6.92. The van der Waals surface area contributed by atoms with Crippen molar-refractivity contribution in [3.05, 3.63) is 18.0 Å². The molecule has 1 saturated heterocycles. The number of anilines is 1. The maximum atomic E-state index is 12.6. The molecule has 8 nitrogen and oxygen atoms in total. The average molecular weight is 402 g/mol. The molecule has 0 saturated carbocycles. The predicted octanol–water partition coefficient (Wildman–Crippen LogP) is 2.31. The fraction of sp³-hybridized carbons (Fsp3) is 0.571. The Kier molecular flexibility index (Phi) is 6.74. The molecule has 3 rings (SSSR count). The van der Waals surface area contributed by atoms with Gasteiger partial charge in [-0.2, -0.15) is 0 Å². The van der Waals surface area contributed by atoms with Gasteiger partial charge in [0.1, 0.15) is 11.6 Å². The van der Waals surface area contributed by atoms with Gasteiger partial charge >= 0.3 is 0 Å². The van der Waals surface area contributed by atoms with Crippen molar-refractivity contribution in [1.82, 2.24) is 19.8 Å². The number of nitrogens with zero attached hydrogens (tertiary/aromatic N) is 4. The van der Waals surface area contributed by atoms with E-state index in [1.165, 1.54) is 0 Å². The molecule has 29 heavy (non-hydrogen) atoms. The van der Waals surface area contributed by atoms with E-state index in [-0.39, 0.29) is 11.8 Å². The van der Waals surface area contributed by atoms with E-state index in [1.54, 1.807) is 20.3 Å². The second kappa shape index (κ2) is 9.26. The molecule has 158 valence electrons. The van der Waals surface area contributed by atoms with Crippen molar-refractivity contribution < 1.29 is 14.3 Å². The smallest absolute Gasteiger partial charge is 0.225 e. The van der Waals surface area contributed by atoms with Crippen LogP contribution in [0.3, 0.4) is 0 Å². The minimum absolute atomic E-state index is 0.116. The molecule has 2 heterocycles. The third-order valence-corrected chi connectivity index (χ3v) is 5.65. The first-order chi connectivity index (χ1) is 14.0. The van der Waals surface area contributed by atoms with Crippen molar-refractivity contribution in [3.63, 3.8) is 0 Å². The molecular weight excluding hydrogens is 370 g/mol. The number of aromatic nitrogens is 2. The Morgan fingerprint density at radius 1 is 1.14 bits per heavy atom. The molecule has 1 fully saturated rings. The first kappa shape index (κ1) is 21.1. The van der Waals surface area contributed by atoms with Crippen molar-refractivity contribution in [1.29, 1.82) is 0 Å². The van der Waals surface area contributed by atoms with Gasteiger partial charge < -0.3 is 20.1 Å². The van der Waals surface area contributed by atoms with Gasteiger partial charge in [-0.1, -0.05) is 0 Å². The highest BCUT2D eigenvalue weighted by Gasteiger charge is 2.28. The summed E-state index contributed by atoms with van der Waals surface area (Å²) in [6, 6.07) is 3.63. The van der Waals surface area contributed by atoms with Crippen LogP contribution in [0.2, 0.25) is 0 Å². The third kappa shape index (κ3) is 4.53. The lowest BCUT2D eigenvalue weighted by molar-refractivity contribution is -0.136. The number of carbonyl (C=O) groups excluding carboxylic acids is 1. The zero-order valence-corrected chi connectivity index (χ0v) is 17.8. The van der Waals surface area contributed by atoms with Crippen LogP contribution in [0.4, 0.5) is 5.82 Å². The lowest BCUT2D eigenvalue weighted by Crippen LogP contribution is -2.42. The van der Waals surface area contributed by atoms with E-state index in [1.807, 2.05) is 24.8 Å². The van der Waals surface area contributed by atoms with E-state index in [0.29, 0.717) is 29.7 Å². The molecule has 1 aliphatic rings. The van der Waals surface area contributed by atoms with Crippen molar-refractivity contribution in [2.24, 2.45) is 5.92 Å². The van der Waals surface area contributed by atoms with Gasteiger partial charge in [0.05, 0.1) is 26.3 Å². The Morgan fingerprint density at radius 2 is 1.76 bits per heavy atom. The number of hydrogen-bond donors (Lipinski definition) is 1. The molecule has 2 N–H and O–H groups in total. The van der Waals surface area contributed by atoms with Crippen LogP contribution >= 0.6 is 0 Å². The molecule has 1 aromatic heterocycles. The van der Waals surface area contributed by atoms with E-state index < -0.39 is 0 Å². The van der Waals surface area contributed by atoms with Crippen LogP contribution in [0.1, 0.15) is 32.5 Å². The Hall–Kier alpha value is -2.61. The highest BCUT2D eigenvalue weighted by atomic mass is 16.5. The average Bonchev–Trinajstić information content (AvgIpc) is 2.74. The third-order valence-electron chi connectivity index (χ3n) is 5.65. The second-order valence-electron chi connectivity index (χ2n) is 7.31.